The minimum absolute atomic E-state index is 0.0913. The van der Waals surface area contributed by atoms with Gasteiger partial charge in [0.05, 0.1) is 18.1 Å². The Bertz CT molecular complexity index is 666. The van der Waals surface area contributed by atoms with Crippen LogP contribution in [0.3, 0.4) is 0 Å². The fraction of sp³-hybridized carbons (Fsp3) is 0.308. The molecule has 1 aromatic carbocycles. The van der Waals surface area contributed by atoms with Crippen LogP contribution in [0.15, 0.2) is 29.1 Å². The molecule has 1 aliphatic heterocycles. The van der Waals surface area contributed by atoms with Crippen LogP contribution in [-0.4, -0.2) is 29.8 Å². The molecule has 94 valence electrons. The molecule has 0 unspecified atom stereocenters. The molecule has 0 fully saturated rings. The average Bonchev–Trinajstić information content (AvgIpc) is 2.74. The second-order valence-electron chi connectivity index (χ2n) is 4.30. The minimum Gasteiger partial charge on any atom is -0.497 e. The van der Waals surface area contributed by atoms with E-state index in [1.807, 2.05) is 18.2 Å². The molecule has 0 radical (unpaired) electrons. The van der Waals surface area contributed by atoms with E-state index < -0.39 is 0 Å². The average molecular weight is 245 g/mol. The van der Waals surface area contributed by atoms with Crippen molar-refractivity contribution >= 4 is 16.7 Å². The number of nitrogens with zero attached hydrogens (tertiary/aromatic N) is 1. The second-order valence-corrected chi connectivity index (χ2v) is 4.30. The lowest BCUT2D eigenvalue weighted by Crippen LogP contribution is -2.25. The highest BCUT2D eigenvalue weighted by Crippen LogP contribution is 2.21. The van der Waals surface area contributed by atoms with Crippen molar-refractivity contribution < 1.29 is 4.74 Å². The normalized spacial score (nSPS) is 15.7. The van der Waals surface area contributed by atoms with Crippen molar-refractivity contribution in [2.45, 2.75) is 6.42 Å². The van der Waals surface area contributed by atoms with E-state index in [4.69, 9.17) is 4.74 Å². The lowest BCUT2D eigenvalue weighted by molar-refractivity contribution is 0.415. The summed E-state index contributed by atoms with van der Waals surface area (Å²) in [5.74, 6) is 0.746. The monoisotopic (exact) mass is 245 g/mol. The largest absolute Gasteiger partial charge is 0.497 e. The first-order chi connectivity index (χ1) is 8.79. The molecule has 2 aromatic rings. The van der Waals surface area contributed by atoms with Crippen molar-refractivity contribution in [2.75, 3.05) is 20.2 Å². The Morgan fingerprint density at radius 3 is 3.00 bits per heavy atom. The smallest absolute Gasteiger partial charge is 0.330 e. The number of benzene rings is 1. The number of aromatic amines is 1. The summed E-state index contributed by atoms with van der Waals surface area (Å²) in [5.41, 5.74) is 2.66. The van der Waals surface area contributed by atoms with Crippen molar-refractivity contribution in [1.82, 2.24) is 14.9 Å². The Morgan fingerprint density at radius 1 is 1.39 bits per heavy atom. The third-order valence-electron chi connectivity index (χ3n) is 3.22. The summed E-state index contributed by atoms with van der Waals surface area (Å²) in [5, 5.41) is 3.24. The summed E-state index contributed by atoms with van der Waals surface area (Å²) in [6.45, 7) is 1.71. The van der Waals surface area contributed by atoms with Gasteiger partial charge >= 0.3 is 5.69 Å². The minimum atomic E-state index is -0.0913. The Hall–Kier alpha value is -2.01. The number of methoxy groups -OCH3 is 1. The van der Waals surface area contributed by atoms with E-state index in [9.17, 15) is 4.79 Å². The van der Waals surface area contributed by atoms with Gasteiger partial charge in [0, 0.05) is 31.3 Å². The molecule has 5 heteroatoms. The van der Waals surface area contributed by atoms with Gasteiger partial charge in [-0.15, -0.1) is 0 Å². The lowest BCUT2D eigenvalue weighted by atomic mass is 10.2. The van der Waals surface area contributed by atoms with Crippen molar-refractivity contribution in [3.05, 3.63) is 34.8 Å². The van der Waals surface area contributed by atoms with Crippen molar-refractivity contribution in [3.63, 3.8) is 0 Å². The maximum Gasteiger partial charge on any atom is 0.330 e. The van der Waals surface area contributed by atoms with Crippen molar-refractivity contribution in [1.29, 1.82) is 0 Å². The molecule has 3 rings (SSSR count). The van der Waals surface area contributed by atoms with Crippen LogP contribution in [0.1, 0.15) is 6.42 Å². The van der Waals surface area contributed by atoms with Gasteiger partial charge in [0.15, 0.2) is 0 Å². The highest BCUT2D eigenvalue weighted by Gasteiger charge is 2.13. The van der Waals surface area contributed by atoms with E-state index in [-0.39, 0.29) is 5.69 Å². The quantitative estimate of drug-likeness (QED) is 0.835. The molecule has 0 atom stereocenters. The van der Waals surface area contributed by atoms with Crippen LogP contribution in [0.4, 0.5) is 0 Å². The standard InChI is InChI=1S/C13H15N3O2/c1-18-10-2-3-12-11(8-10)15-13(17)16(12)9-4-6-14-7-5-9/h2-4,8,14H,5-7H2,1H3,(H,15,17). The second kappa shape index (κ2) is 4.34. The van der Waals surface area contributed by atoms with E-state index in [0.717, 1.165) is 42.0 Å². The molecule has 0 saturated carbocycles. The summed E-state index contributed by atoms with van der Waals surface area (Å²) in [6, 6.07) is 5.62. The van der Waals surface area contributed by atoms with E-state index in [0.29, 0.717) is 0 Å². The molecule has 2 N–H and O–H groups in total. The molecule has 0 spiro atoms. The number of imidazole rings is 1. The van der Waals surface area contributed by atoms with Crippen molar-refractivity contribution in [3.8, 4) is 5.75 Å². The van der Waals surface area contributed by atoms with Crippen LogP contribution in [-0.2, 0) is 0 Å². The molecule has 1 aromatic heterocycles. The third kappa shape index (κ3) is 1.73. The number of nitrogens with one attached hydrogen (secondary N) is 2. The molecule has 1 aliphatic rings. The van der Waals surface area contributed by atoms with Crippen molar-refractivity contribution in [2.24, 2.45) is 0 Å². The van der Waals surface area contributed by atoms with E-state index in [1.165, 1.54) is 0 Å². The molecule has 5 nitrogen and oxygen atoms in total. The first-order valence-electron chi connectivity index (χ1n) is 5.98. The van der Waals surface area contributed by atoms with Crippen LogP contribution < -0.4 is 15.7 Å². The molecular formula is C13H15N3O2. The van der Waals surface area contributed by atoms with Gasteiger partial charge in [0.25, 0.3) is 0 Å². The topological polar surface area (TPSA) is 59.1 Å². The van der Waals surface area contributed by atoms with Gasteiger partial charge in [-0.3, -0.25) is 4.57 Å². The van der Waals surface area contributed by atoms with Gasteiger partial charge in [-0.05, 0) is 12.1 Å². The van der Waals surface area contributed by atoms with Gasteiger partial charge in [-0.2, -0.15) is 0 Å². The van der Waals surface area contributed by atoms with Crippen LogP contribution >= 0.6 is 0 Å². The van der Waals surface area contributed by atoms with Crippen LogP contribution in [0.5, 0.6) is 5.75 Å². The number of hydrogen-bond acceptors (Lipinski definition) is 3. The maximum absolute atomic E-state index is 12.0. The number of aromatic nitrogens is 2. The third-order valence-corrected chi connectivity index (χ3v) is 3.22. The summed E-state index contributed by atoms with van der Waals surface area (Å²) < 4.78 is 6.91. The zero-order valence-electron chi connectivity index (χ0n) is 10.2. The maximum atomic E-state index is 12.0. The summed E-state index contributed by atoms with van der Waals surface area (Å²) >= 11 is 0. The lowest BCUT2D eigenvalue weighted by Gasteiger charge is -2.14. The van der Waals surface area contributed by atoms with E-state index >= 15 is 0 Å². The molecule has 0 amide bonds. The van der Waals surface area contributed by atoms with Crippen LogP contribution in [0.25, 0.3) is 16.7 Å². The highest BCUT2D eigenvalue weighted by molar-refractivity contribution is 5.80. The first-order valence-corrected chi connectivity index (χ1v) is 5.98. The number of H-pyrrole nitrogens is 1. The van der Waals surface area contributed by atoms with Gasteiger partial charge < -0.3 is 15.0 Å². The Morgan fingerprint density at radius 2 is 2.28 bits per heavy atom. The Kier molecular flexibility index (Phi) is 2.68. The fourth-order valence-corrected chi connectivity index (χ4v) is 2.32. The number of rotatable bonds is 2. The number of hydrogen-bond donors (Lipinski definition) is 2. The molecular weight excluding hydrogens is 230 g/mol. The van der Waals surface area contributed by atoms with Gasteiger partial charge in [0.2, 0.25) is 0 Å². The zero-order valence-corrected chi connectivity index (χ0v) is 10.2. The predicted molar refractivity (Wildman–Crippen MR) is 70.9 cm³/mol. The van der Waals surface area contributed by atoms with E-state index in [2.05, 4.69) is 16.4 Å². The zero-order chi connectivity index (χ0) is 12.5. The molecule has 2 heterocycles. The first kappa shape index (κ1) is 11.1. The van der Waals surface area contributed by atoms with E-state index in [1.54, 1.807) is 11.7 Å². The molecule has 0 saturated heterocycles. The molecule has 0 bridgehead atoms. The molecule has 18 heavy (non-hydrogen) atoms. The van der Waals surface area contributed by atoms with Gasteiger partial charge in [0.1, 0.15) is 5.75 Å². The summed E-state index contributed by atoms with van der Waals surface area (Å²) in [7, 11) is 1.62. The molecule has 0 aliphatic carbocycles. The summed E-state index contributed by atoms with van der Waals surface area (Å²) in [6.07, 6.45) is 2.92. The van der Waals surface area contributed by atoms with Gasteiger partial charge in [-0.25, -0.2) is 4.79 Å². The fourth-order valence-electron chi connectivity index (χ4n) is 2.32. The summed E-state index contributed by atoms with van der Waals surface area (Å²) in [4.78, 5) is 14.9. The van der Waals surface area contributed by atoms with Crippen LogP contribution in [0, 0.1) is 0 Å². The highest BCUT2D eigenvalue weighted by atomic mass is 16.5. The number of fused-ring (bicyclic) bond motifs is 1. The Labute approximate surface area is 104 Å². The number of ether oxygens (including phenoxy) is 1. The SMILES string of the molecule is COc1ccc2c(c1)[nH]c(=O)n2C1=CCNCC1. The van der Waals surface area contributed by atoms with Gasteiger partial charge in [-0.1, -0.05) is 6.08 Å². The predicted octanol–water partition coefficient (Wildman–Crippen LogP) is 1.17. The van der Waals surface area contributed by atoms with Crippen LogP contribution in [0.2, 0.25) is 0 Å². The Balaban J connectivity index is 2.20.